The maximum atomic E-state index is 5.48. The number of nitrogens with one attached hydrogen (secondary N) is 1. The molecule has 0 unspecified atom stereocenters. The molecule has 0 saturated carbocycles. The lowest BCUT2D eigenvalue weighted by atomic mass is 10.2. The molecule has 22 heavy (non-hydrogen) atoms. The molecule has 0 saturated heterocycles. The molecule has 0 aromatic carbocycles. The van der Waals surface area contributed by atoms with E-state index < -0.39 is 0 Å². The highest BCUT2D eigenvalue weighted by molar-refractivity contribution is 4.58. The average molecular weight is 319 g/mol. The van der Waals surface area contributed by atoms with E-state index in [2.05, 4.69) is 17.1 Å². The van der Waals surface area contributed by atoms with Crippen molar-refractivity contribution in [3.8, 4) is 0 Å². The van der Waals surface area contributed by atoms with Gasteiger partial charge in [0.1, 0.15) is 0 Å². The molecule has 0 aliphatic carbocycles. The van der Waals surface area contributed by atoms with Gasteiger partial charge in [0.05, 0.1) is 0 Å². The third-order valence-corrected chi connectivity index (χ3v) is 3.30. The van der Waals surface area contributed by atoms with Crippen molar-refractivity contribution in [2.24, 2.45) is 22.9 Å². The van der Waals surface area contributed by atoms with E-state index in [0.29, 0.717) is 0 Å². The topological polar surface area (TPSA) is 119 Å². The molecule has 0 bridgehead atoms. The molecular formula is C16H42N6. The largest absolute Gasteiger partial charge is 0.330 e. The fourth-order valence-corrected chi connectivity index (χ4v) is 1.93. The lowest BCUT2D eigenvalue weighted by Gasteiger charge is -2.21. The summed E-state index contributed by atoms with van der Waals surface area (Å²) in [5.41, 5.74) is 21.5. The predicted octanol–water partition coefficient (Wildman–Crippen LogP) is 0.0597. The van der Waals surface area contributed by atoms with Gasteiger partial charge in [-0.05, 0) is 91.0 Å². The Labute approximate surface area is 138 Å². The zero-order chi connectivity index (χ0) is 16.9. The molecule has 0 radical (unpaired) electrons. The summed E-state index contributed by atoms with van der Waals surface area (Å²) in [7, 11) is 0. The fourth-order valence-electron chi connectivity index (χ4n) is 1.93. The van der Waals surface area contributed by atoms with Gasteiger partial charge in [-0.3, -0.25) is 0 Å². The lowest BCUT2D eigenvalue weighted by Crippen LogP contribution is -2.29. The SMILES string of the molecule is CCCCN(CCCN)CCCN.NCCCNCCCN. The van der Waals surface area contributed by atoms with Crippen LogP contribution in [0.25, 0.3) is 0 Å². The van der Waals surface area contributed by atoms with Crippen LogP contribution in [-0.2, 0) is 0 Å². The molecule has 136 valence electrons. The molecule has 0 aromatic heterocycles. The summed E-state index contributed by atoms with van der Waals surface area (Å²) in [5.74, 6) is 0. The Balaban J connectivity index is 0. The second-order valence-electron chi connectivity index (χ2n) is 5.51. The van der Waals surface area contributed by atoms with E-state index in [0.717, 1.165) is 78.0 Å². The molecule has 0 heterocycles. The zero-order valence-electron chi connectivity index (χ0n) is 14.9. The van der Waals surface area contributed by atoms with Gasteiger partial charge in [0.25, 0.3) is 0 Å². The van der Waals surface area contributed by atoms with Crippen LogP contribution in [0.2, 0.25) is 0 Å². The first-order valence-electron chi connectivity index (χ1n) is 9.00. The summed E-state index contributed by atoms with van der Waals surface area (Å²) < 4.78 is 0. The Bertz CT molecular complexity index is 155. The van der Waals surface area contributed by atoms with Gasteiger partial charge in [0.2, 0.25) is 0 Å². The van der Waals surface area contributed by atoms with Crippen molar-refractivity contribution < 1.29 is 0 Å². The van der Waals surface area contributed by atoms with Crippen molar-refractivity contribution in [3.63, 3.8) is 0 Å². The molecular weight excluding hydrogens is 276 g/mol. The quantitative estimate of drug-likeness (QED) is 0.272. The number of nitrogens with two attached hydrogens (primary N) is 4. The summed E-state index contributed by atoms with van der Waals surface area (Å²) in [6, 6.07) is 0. The van der Waals surface area contributed by atoms with Gasteiger partial charge in [-0.2, -0.15) is 0 Å². The van der Waals surface area contributed by atoms with Gasteiger partial charge in [-0.1, -0.05) is 13.3 Å². The van der Waals surface area contributed by atoms with E-state index >= 15 is 0 Å². The Kier molecular flexibility index (Phi) is 25.1. The van der Waals surface area contributed by atoms with Crippen LogP contribution in [0.4, 0.5) is 0 Å². The summed E-state index contributed by atoms with van der Waals surface area (Å²) in [6.45, 7) is 10.9. The highest BCUT2D eigenvalue weighted by atomic mass is 15.1. The molecule has 6 heteroatoms. The summed E-state index contributed by atoms with van der Waals surface area (Å²) in [5, 5.41) is 3.23. The van der Waals surface area contributed by atoms with Crippen molar-refractivity contribution >= 4 is 0 Å². The highest BCUT2D eigenvalue weighted by Gasteiger charge is 2.01. The van der Waals surface area contributed by atoms with Crippen LogP contribution in [0.5, 0.6) is 0 Å². The monoisotopic (exact) mass is 318 g/mol. The second kappa shape index (κ2) is 23.0. The summed E-state index contributed by atoms with van der Waals surface area (Å²) in [4.78, 5) is 2.48. The van der Waals surface area contributed by atoms with Crippen molar-refractivity contribution in [3.05, 3.63) is 0 Å². The maximum absolute atomic E-state index is 5.48. The van der Waals surface area contributed by atoms with E-state index in [9.17, 15) is 0 Å². The first-order chi connectivity index (χ1) is 10.8. The number of rotatable bonds is 15. The minimum Gasteiger partial charge on any atom is -0.330 e. The molecule has 6 nitrogen and oxygen atoms in total. The van der Waals surface area contributed by atoms with E-state index in [-0.39, 0.29) is 0 Å². The van der Waals surface area contributed by atoms with Crippen LogP contribution in [0.3, 0.4) is 0 Å². The van der Waals surface area contributed by atoms with Crippen LogP contribution in [0, 0.1) is 0 Å². The van der Waals surface area contributed by atoms with E-state index in [1.165, 1.54) is 19.4 Å². The molecule has 0 amide bonds. The molecule has 0 atom stereocenters. The third kappa shape index (κ3) is 22.0. The predicted molar refractivity (Wildman–Crippen MR) is 98.9 cm³/mol. The smallest absolute Gasteiger partial charge is 0.000671 e. The normalized spacial score (nSPS) is 10.6. The minimum absolute atomic E-state index is 0.773. The molecule has 0 fully saturated rings. The summed E-state index contributed by atoms with van der Waals surface area (Å²) >= 11 is 0. The number of unbranched alkanes of at least 4 members (excludes halogenated alkanes) is 1. The molecule has 0 spiro atoms. The number of nitrogens with zero attached hydrogens (tertiary/aromatic N) is 1. The molecule has 0 aliphatic rings. The standard InChI is InChI=1S/C10H25N3.C6H17N3/c1-2-3-8-13(9-4-6-11)10-5-7-12;7-3-1-5-9-6-2-4-8/h2-12H2,1H3;9H,1-8H2. The van der Waals surface area contributed by atoms with E-state index in [4.69, 9.17) is 22.9 Å². The van der Waals surface area contributed by atoms with Crippen molar-refractivity contribution in [2.75, 3.05) is 58.9 Å². The van der Waals surface area contributed by atoms with Crippen molar-refractivity contribution in [1.82, 2.24) is 10.2 Å². The molecule has 0 aliphatic heterocycles. The van der Waals surface area contributed by atoms with Crippen LogP contribution >= 0.6 is 0 Å². The Morgan fingerprint density at radius 2 is 1.05 bits per heavy atom. The van der Waals surface area contributed by atoms with Gasteiger partial charge >= 0.3 is 0 Å². The van der Waals surface area contributed by atoms with Gasteiger partial charge < -0.3 is 33.2 Å². The summed E-state index contributed by atoms with van der Waals surface area (Å²) in [6.07, 6.45) is 6.88. The highest BCUT2D eigenvalue weighted by Crippen LogP contribution is 1.97. The van der Waals surface area contributed by atoms with Gasteiger partial charge in [-0.15, -0.1) is 0 Å². The van der Waals surface area contributed by atoms with Crippen LogP contribution in [0.15, 0.2) is 0 Å². The zero-order valence-corrected chi connectivity index (χ0v) is 14.9. The van der Waals surface area contributed by atoms with Gasteiger partial charge in [-0.25, -0.2) is 0 Å². The lowest BCUT2D eigenvalue weighted by molar-refractivity contribution is 0.266. The second-order valence-corrected chi connectivity index (χ2v) is 5.51. The van der Waals surface area contributed by atoms with Crippen LogP contribution < -0.4 is 28.3 Å². The number of hydrogen-bond donors (Lipinski definition) is 5. The third-order valence-electron chi connectivity index (χ3n) is 3.30. The van der Waals surface area contributed by atoms with Crippen molar-refractivity contribution in [1.29, 1.82) is 0 Å². The van der Waals surface area contributed by atoms with E-state index in [1.807, 2.05) is 0 Å². The van der Waals surface area contributed by atoms with Gasteiger partial charge in [0, 0.05) is 0 Å². The Hall–Kier alpha value is -0.240. The van der Waals surface area contributed by atoms with Gasteiger partial charge in [0.15, 0.2) is 0 Å². The average Bonchev–Trinajstić information content (AvgIpc) is 2.55. The first kappa shape index (κ1) is 24.0. The Morgan fingerprint density at radius 1 is 0.636 bits per heavy atom. The molecule has 0 aromatic rings. The Morgan fingerprint density at radius 3 is 1.41 bits per heavy atom. The fraction of sp³-hybridized carbons (Fsp3) is 1.00. The number of hydrogen-bond acceptors (Lipinski definition) is 6. The van der Waals surface area contributed by atoms with Crippen molar-refractivity contribution in [2.45, 2.75) is 45.4 Å². The van der Waals surface area contributed by atoms with E-state index in [1.54, 1.807) is 0 Å². The van der Waals surface area contributed by atoms with Crippen LogP contribution in [0.1, 0.15) is 45.4 Å². The molecule has 0 rings (SSSR count). The van der Waals surface area contributed by atoms with Crippen LogP contribution in [-0.4, -0.2) is 63.8 Å². The first-order valence-corrected chi connectivity index (χ1v) is 9.00. The molecule has 9 N–H and O–H groups in total. The minimum atomic E-state index is 0.773. The maximum Gasteiger partial charge on any atom is -0.000671 e.